The summed E-state index contributed by atoms with van der Waals surface area (Å²) in [5, 5.41) is 18.0. The number of amides is 2. The number of fused-ring (bicyclic) bond motifs is 1. The number of hydroxylamine groups is 2. The van der Waals surface area contributed by atoms with Crippen molar-refractivity contribution in [1.82, 2.24) is 20.0 Å². The largest absolute Gasteiger partial charge is 0.724 e. The third-order valence-electron chi connectivity index (χ3n) is 7.92. The van der Waals surface area contributed by atoms with E-state index in [2.05, 4.69) is 24.4 Å². The summed E-state index contributed by atoms with van der Waals surface area (Å²) in [7, 11) is -3.32. The highest BCUT2D eigenvalue weighted by molar-refractivity contribution is 7.80. The molecule has 0 saturated carbocycles. The van der Waals surface area contributed by atoms with Crippen LogP contribution >= 0.6 is 11.3 Å². The number of aryl methyl sites for hydroxylation is 3. The van der Waals surface area contributed by atoms with Gasteiger partial charge >= 0.3 is 5.97 Å². The summed E-state index contributed by atoms with van der Waals surface area (Å²) >= 11 is 0.967. The van der Waals surface area contributed by atoms with Crippen molar-refractivity contribution in [3.8, 4) is 16.9 Å². The molecular formula is C28H34N8O10S2. The van der Waals surface area contributed by atoms with Gasteiger partial charge in [0.25, 0.3) is 17.9 Å². The molecule has 4 heterocycles. The number of nitrogens with one attached hydrogen (secondary N) is 1. The Balaban J connectivity index is 1.32. The van der Waals surface area contributed by atoms with Crippen LogP contribution in [0.1, 0.15) is 37.9 Å². The van der Waals surface area contributed by atoms with Gasteiger partial charge in [-0.3, -0.25) is 9.59 Å². The van der Waals surface area contributed by atoms with Gasteiger partial charge in [0, 0.05) is 5.38 Å². The Bertz CT molecular complexity index is 1870. The van der Waals surface area contributed by atoms with Crippen LogP contribution in [0, 0.1) is 0 Å². The smallest absolute Gasteiger partial charge is 0.351 e. The van der Waals surface area contributed by atoms with E-state index in [-0.39, 0.29) is 17.2 Å². The molecule has 1 fully saturated rings. The van der Waals surface area contributed by atoms with Crippen molar-refractivity contribution in [3.63, 3.8) is 0 Å². The second kappa shape index (κ2) is 13.5. The highest BCUT2D eigenvalue weighted by Crippen LogP contribution is 2.34. The molecule has 0 spiro atoms. The number of anilines is 1. The molecule has 0 bridgehead atoms. The topological polar surface area (TPSA) is 258 Å². The van der Waals surface area contributed by atoms with Crippen LogP contribution in [-0.4, -0.2) is 86.6 Å². The number of hydrogen-bond donors (Lipinski definition) is 4. The molecule has 2 aliphatic rings. The van der Waals surface area contributed by atoms with Crippen LogP contribution in [0.2, 0.25) is 0 Å². The predicted molar refractivity (Wildman–Crippen MR) is 167 cm³/mol. The number of aliphatic carboxylic acids is 1. The molecule has 20 heteroatoms. The van der Waals surface area contributed by atoms with Crippen molar-refractivity contribution < 1.29 is 51.0 Å². The van der Waals surface area contributed by atoms with Gasteiger partial charge in [-0.05, 0) is 62.9 Å². The van der Waals surface area contributed by atoms with Crippen molar-refractivity contribution >= 4 is 50.4 Å². The lowest BCUT2D eigenvalue weighted by molar-refractivity contribution is -0.753. The minimum absolute atomic E-state index is 0.0630. The van der Waals surface area contributed by atoms with Crippen LogP contribution < -0.4 is 26.2 Å². The maximum absolute atomic E-state index is 13.4. The summed E-state index contributed by atoms with van der Waals surface area (Å²) < 4.78 is 47.4. The summed E-state index contributed by atoms with van der Waals surface area (Å²) in [6, 6.07) is 4.27. The average Bonchev–Trinajstić information content (AvgIpc) is 3.63. The molecule has 5 rings (SSSR count). The summed E-state index contributed by atoms with van der Waals surface area (Å²) in [4.78, 5) is 47.7. The molecule has 1 aromatic carbocycles. The number of carboxylic acids is 1. The second-order valence-electron chi connectivity index (χ2n) is 11.7. The van der Waals surface area contributed by atoms with Crippen molar-refractivity contribution in [2.24, 2.45) is 17.9 Å². The summed E-state index contributed by atoms with van der Waals surface area (Å²) in [5.74, 6) is -2.98. The maximum atomic E-state index is 13.4. The van der Waals surface area contributed by atoms with Gasteiger partial charge in [0.05, 0.1) is 23.8 Å². The van der Waals surface area contributed by atoms with E-state index in [1.54, 1.807) is 6.07 Å². The van der Waals surface area contributed by atoms with Crippen LogP contribution in [-0.2, 0) is 53.9 Å². The van der Waals surface area contributed by atoms with E-state index in [4.69, 9.17) is 21.0 Å². The number of carbonyl (C=O) groups is 3. The SMILES string of the molecule is C[n+]1cc(-c2ccc3c(c2)CC[C@@H](C(O/N=C(\C(=O)N[C@@H]2C(=O)N(OS(=O)(=O)[O-])C2(C)C)c2csc(N)n2)C(=O)O)O3)cn1CCCN. The van der Waals surface area contributed by atoms with Gasteiger partial charge in [-0.25, -0.2) is 18.2 Å². The first-order valence-corrected chi connectivity index (χ1v) is 16.8. The van der Waals surface area contributed by atoms with Crippen LogP contribution in [0.3, 0.4) is 0 Å². The molecule has 258 valence electrons. The molecule has 0 aliphatic carbocycles. The fourth-order valence-corrected chi connectivity index (χ4v) is 6.38. The Morgan fingerprint density at radius 2 is 2.10 bits per heavy atom. The van der Waals surface area contributed by atoms with E-state index >= 15 is 0 Å². The van der Waals surface area contributed by atoms with Crippen LogP contribution in [0.4, 0.5) is 5.13 Å². The molecule has 0 radical (unpaired) electrons. The van der Waals surface area contributed by atoms with Crippen LogP contribution in [0.5, 0.6) is 5.75 Å². The van der Waals surface area contributed by atoms with E-state index in [1.165, 1.54) is 19.2 Å². The maximum Gasteiger partial charge on any atom is 0.351 e. The summed E-state index contributed by atoms with van der Waals surface area (Å²) in [6.07, 6.45) is 2.95. The van der Waals surface area contributed by atoms with E-state index in [1.807, 2.05) is 36.3 Å². The van der Waals surface area contributed by atoms with Crippen LogP contribution in [0.15, 0.2) is 41.1 Å². The molecule has 48 heavy (non-hydrogen) atoms. The lowest BCUT2D eigenvalue weighted by Crippen LogP contribution is -2.76. The summed E-state index contributed by atoms with van der Waals surface area (Å²) in [6.45, 7) is 4.06. The molecule has 18 nitrogen and oxygen atoms in total. The number of hydrogen-bond acceptors (Lipinski definition) is 14. The zero-order valence-corrected chi connectivity index (χ0v) is 27.7. The second-order valence-corrected chi connectivity index (χ2v) is 13.5. The standard InChI is InChI=1S/C28H34N8O10S2/c1-28(2)23(25(38)36(28)46-48(41,42)43)32-24(37)21(18-14-47-27(30)31-18)33-45-22(26(39)40)20-8-6-16-11-15(5-7-19(16)44-20)17-12-34(3)35(13-17)10-4-9-29/h5,7,11-14,20,22-23H,4,6,8-10,29H2,1-3H3,(H4-,30,31,32,37,39,40,41,42,43)/b33-21-/t20-,22?,23+/m0/s1. The van der Waals surface area contributed by atoms with Gasteiger partial charge in [-0.2, -0.15) is 14.0 Å². The average molecular weight is 707 g/mol. The molecule has 2 amide bonds. The molecular weight excluding hydrogens is 672 g/mol. The number of benzene rings is 1. The van der Waals surface area contributed by atoms with Gasteiger partial charge in [-0.1, -0.05) is 11.2 Å². The fraction of sp³-hybridized carbons (Fsp3) is 0.429. The van der Waals surface area contributed by atoms with Crippen molar-refractivity contribution in [2.75, 3.05) is 12.3 Å². The Labute approximate surface area is 278 Å². The molecule has 1 saturated heterocycles. The Hall–Kier alpha value is -4.63. The highest BCUT2D eigenvalue weighted by Gasteiger charge is 2.57. The minimum Gasteiger partial charge on any atom is -0.724 e. The van der Waals surface area contributed by atoms with Crippen molar-refractivity contribution in [2.45, 2.75) is 63.4 Å². The Kier molecular flexibility index (Phi) is 9.74. The monoisotopic (exact) mass is 706 g/mol. The normalized spacial score (nSPS) is 19.6. The zero-order chi connectivity index (χ0) is 35.0. The Morgan fingerprint density at radius 1 is 1.35 bits per heavy atom. The first-order chi connectivity index (χ1) is 22.6. The summed E-state index contributed by atoms with van der Waals surface area (Å²) in [5.41, 5.74) is 12.2. The van der Waals surface area contributed by atoms with E-state index in [9.17, 15) is 32.5 Å². The highest BCUT2D eigenvalue weighted by atomic mass is 32.3. The number of ether oxygens (including phenoxy) is 1. The van der Waals surface area contributed by atoms with Gasteiger partial charge in [-0.15, -0.1) is 16.0 Å². The Morgan fingerprint density at radius 3 is 2.73 bits per heavy atom. The number of rotatable bonds is 13. The quantitative estimate of drug-likeness (QED) is 0.0434. The van der Waals surface area contributed by atoms with E-state index < -0.39 is 57.7 Å². The number of carbonyl (C=O) groups excluding carboxylic acids is 2. The van der Waals surface area contributed by atoms with Gasteiger partial charge in [0.2, 0.25) is 16.6 Å². The lowest BCUT2D eigenvalue weighted by Gasteiger charge is -2.51. The number of nitrogens with two attached hydrogens (primary N) is 2. The third-order valence-corrected chi connectivity index (χ3v) is 8.92. The van der Waals surface area contributed by atoms with Crippen molar-refractivity contribution in [1.29, 1.82) is 0 Å². The molecule has 3 aromatic rings. The first-order valence-electron chi connectivity index (χ1n) is 14.6. The van der Waals surface area contributed by atoms with E-state index in [0.29, 0.717) is 23.8 Å². The van der Waals surface area contributed by atoms with Gasteiger partial charge < -0.3 is 36.0 Å². The molecule has 6 N–H and O–H groups in total. The fourth-order valence-electron chi connectivity index (χ4n) is 5.39. The number of thiazole rings is 1. The number of oxime groups is 1. The molecule has 2 aliphatic heterocycles. The molecule has 1 unspecified atom stereocenters. The zero-order valence-electron chi connectivity index (χ0n) is 26.1. The lowest BCUT2D eigenvalue weighted by atomic mass is 9.84. The van der Waals surface area contributed by atoms with Crippen LogP contribution in [0.25, 0.3) is 11.1 Å². The first kappa shape index (κ1) is 34.7. The number of nitrogens with zero attached hydrogens (tertiary/aromatic N) is 5. The third kappa shape index (κ3) is 7.26. The number of aromatic nitrogens is 3. The number of nitrogen functional groups attached to an aromatic ring is 1. The van der Waals surface area contributed by atoms with Crippen molar-refractivity contribution in [3.05, 3.63) is 47.2 Å². The minimum atomic E-state index is -5.27. The molecule has 3 atom stereocenters. The number of carboxylic acid groups (broad SMARTS) is 1. The van der Waals surface area contributed by atoms with E-state index in [0.717, 1.165) is 41.0 Å². The van der Waals surface area contributed by atoms with Gasteiger partial charge in [0.1, 0.15) is 23.6 Å². The van der Waals surface area contributed by atoms with Gasteiger partial charge in [0.15, 0.2) is 17.9 Å². The predicted octanol–water partition coefficient (Wildman–Crippen LogP) is -0.568. The number of β-lactam (4-membered cyclic amide) rings is 1. The molecule has 2 aromatic heterocycles.